The zero-order chi connectivity index (χ0) is 19.2. The van der Waals surface area contributed by atoms with Gasteiger partial charge >= 0.3 is 0 Å². The van der Waals surface area contributed by atoms with Crippen LogP contribution in [0, 0.1) is 0 Å². The fourth-order valence-corrected chi connectivity index (χ4v) is 4.44. The van der Waals surface area contributed by atoms with Crippen molar-refractivity contribution in [1.29, 1.82) is 0 Å². The number of rotatable bonds is 1. The number of pyridine rings is 1. The van der Waals surface area contributed by atoms with Crippen LogP contribution in [0.4, 0.5) is 0 Å². The molecule has 2 aliphatic rings. The number of carbonyl (C=O) groups is 1. The monoisotopic (exact) mass is 390 g/mol. The van der Waals surface area contributed by atoms with Crippen molar-refractivity contribution in [3.63, 3.8) is 0 Å². The van der Waals surface area contributed by atoms with Crippen LogP contribution in [0.1, 0.15) is 36.5 Å². The number of halogens is 1. The third kappa shape index (κ3) is 3.31. The van der Waals surface area contributed by atoms with Crippen molar-refractivity contribution in [2.24, 2.45) is 0 Å². The molecule has 0 saturated carbocycles. The minimum Gasteiger partial charge on any atom is -0.388 e. The Labute approximate surface area is 162 Å². The van der Waals surface area contributed by atoms with Gasteiger partial charge in [-0.3, -0.25) is 9.78 Å². The molecule has 0 bridgehead atoms. The molecule has 7 heteroatoms. The highest BCUT2D eigenvalue weighted by Gasteiger charge is 2.49. The van der Waals surface area contributed by atoms with E-state index in [0.717, 1.165) is 10.9 Å². The Bertz CT molecular complexity index is 877. The molecule has 0 aliphatic carbocycles. The maximum atomic E-state index is 13.2. The molecule has 1 aromatic carbocycles. The number of benzene rings is 1. The highest BCUT2D eigenvalue weighted by Crippen LogP contribution is 2.40. The van der Waals surface area contributed by atoms with Crippen LogP contribution in [-0.2, 0) is 4.74 Å². The number of aliphatic hydroxyl groups excluding tert-OH is 1. The number of likely N-dealkylation sites (tertiary alicyclic amines) is 1. The molecule has 4 rings (SSSR count). The van der Waals surface area contributed by atoms with Gasteiger partial charge in [0.15, 0.2) is 0 Å². The second kappa shape index (κ2) is 6.71. The number of hydrogen-bond donors (Lipinski definition) is 2. The average molecular weight is 391 g/mol. The smallest absolute Gasteiger partial charge is 0.256 e. The van der Waals surface area contributed by atoms with Gasteiger partial charge in [0.25, 0.3) is 5.91 Å². The van der Waals surface area contributed by atoms with Crippen LogP contribution >= 0.6 is 11.6 Å². The van der Waals surface area contributed by atoms with Gasteiger partial charge in [0.1, 0.15) is 6.10 Å². The Morgan fingerprint density at radius 3 is 2.78 bits per heavy atom. The lowest BCUT2D eigenvalue weighted by Gasteiger charge is -2.49. The lowest BCUT2D eigenvalue weighted by Crippen LogP contribution is -2.59. The van der Waals surface area contributed by atoms with Gasteiger partial charge in [-0.05, 0) is 38.0 Å². The summed E-state index contributed by atoms with van der Waals surface area (Å²) in [6, 6.07) is 7.17. The van der Waals surface area contributed by atoms with E-state index in [-0.39, 0.29) is 12.5 Å². The Morgan fingerprint density at radius 2 is 2.07 bits per heavy atom. The van der Waals surface area contributed by atoms with Crippen LogP contribution in [0.3, 0.4) is 0 Å². The predicted octanol–water partition coefficient (Wildman–Crippen LogP) is 2.40. The summed E-state index contributed by atoms with van der Waals surface area (Å²) in [6.45, 7) is 2.78. The zero-order valence-electron chi connectivity index (χ0n) is 15.2. The number of nitrogens with zero attached hydrogens (tertiary/aromatic N) is 2. The van der Waals surface area contributed by atoms with Crippen LogP contribution < -0.4 is 0 Å². The summed E-state index contributed by atoms with van der Waals surface area (Å²) in [5.74, 6) is -0.115. The first-order valence-electron chi connectivity index (χ1n) is 9.18. The summed E-state index contributed by atoms with van der Waals surface area (Å²) < 4.78 is 5.90. The van der Waals surface area contributed by atoms with Gasteiger partial charge in [-0.2, -0.15) is 0 Å². The molecule has 2 atom stereocenters. The molecular weight excluding hydrogens is 368 g/mol. The molecule has 1 amide bonds. The molecular formula is C20H23ClN2O4. The summed E-state index contributed by atoms with van der Waals surface area (Å²) in [6.07, 6.45) is 2.40. The molecule has 1 aromatic heterocycles. The number of amides is 1. The standard InChI is InChI=1S/C20H23ClN2O4/c1-19(26)12-20(27-11-16(19)24)6-9-23(10-7-20)18(25)17-13-3-2-8-22-15(13)5-4-14(17)21/h2-5,8,16,24,26H,6-7,9-12H2,1H3/t16-,19-/m0/s1. The van der Waals surface area contributed by atoms with Crippen molar-refractivity contribution in [3.05, 3.63) is 41.0 Å². The minimum atomic E-state index is -1.17. The lowest BCUT2D eigenvalue weighted by molar-refractivity contribution is -0.221. The number of carbonyl (C=O) groups excluding carboxylic acids is 1. The second-order valence-electron chi connectivity index (χ2n) is 7.83. The van der Waals surface area contributed by atoms with Crippen molar-refractivity contribution < 1.29 is 19.7 Å². The molecule has 2 aromatic rings. The van der Waals surface area contributed by atoms with E-state index in [4.69, 9.17) is 16.3 Å². The van der Waals surface area contributed by atoms with Crippen LogP contribution in [0.5, 0.6) is 0 Å². The largest absolute Gasteiger partial charge is 0.388 e. The predicted molar refractivity (Wildman–Crippen MR) is 102 cm³/mol. The fourth-order valence-electron chi connectivity index (χ4n) is 4.20. The van der Waals surface area contributed by atoms with Crippen LogP contribution in [0.15, 0.2) is 30.5 Å². The van der Waals surface area contributed by atoms with E-state index >= 15 is 0 Å². The van der Waals surface area contributed by atoms with Crippen molar-refractivity contribution >= 4 is 28.4 Å². The van der Waals surface area contributed by atoms with E-state index in [2.05, 4.69) is 4.98 Å². The summed E-state index contributed by atoms with van der Waals surface area (Å²) in [5.41, 5.74) is -0.455. The molecule has 2 fully saturated rings. The maximum Gasteiger partial charge on any atom is 0.256 e. The number of aliphatic hydroxyl groups is 2. The Morgan fingerprint density at radius 1 is 1.33 bits per heavy atom. The van der Waals surface area contributed by atoms with E-state index in [1.807, 2.05) is 12.1 Å². The quantitative estimate of drug-likeness (QED) is 0.781. The van der Waals surface area contributed by atoms with E-state index in [0.29, 0.717) is 42.9 Å². The summed E-state index contributed by atoms with van der Waals surface area (Å²) in [4.78, 5) is 19.2. The van der Waals surface area contributed by atoms with E-state index in [1.54, 1.807) is 30.2 Å². The first kappa shape index (κ1) is 18.6. The number of aromatic nitrogens is 1. The second-order valence-corrected chi connectivity index (χ2v) is 8.24. The SMILES string of the molecule is C[C@]1(O)CC2(CCN(C(=O)c3c(Cl)ccc4ncccc34)CC2)OC[C@@H]1O. The van der Waals surface area contributed by atoms with Crippen LogP contribution in [0.2, 0.25) is 5.02 Å². The molecule has 0 radical (unpaired) electrons. The summed E-state index contributed by atoms with van der Waals surface area (Å²) >= 11 is 6.35. The molecule has 2 saturated heterocycles. The molecule has 0 unspecified atom stereocenters. The van der Waals surface area contributed by atoms with Crippen molar-refractivity contribution in [3.8, 4) is 0 Å². The van der Waals surface area contributed by atoms with Crippen LogP contribution in [-0.4, -0.2) is 63.0 Å². The molecule has 3 heterocycles. The Kier molecular flexibility index (Phi) is 4.63. The first-order valence-corrected chi connectivity index (χ1v) is 9.56. The maximum absolute atomic E-state index is 13.2. The molecule has 6 nitrogen and oxygen atoms in total. The van der Waals surface area contributed by atoms with Gasteiger partial charge in [0.2, 0.25) is 0 Å². The highest BCUT2D eigenvalue weighted by molar-refractivity contribution is 6.35. The molecule has 2 aliphatic heterocycles. The number of hydrogen-bond acceptors (Lipinski definition) is 5. The molecule has 144 valence electrons. The highest BCUT2D eigenvalue weighted by atomic mass is 35.5. The van der Waals surface area contributed by atoms with Gasteiger partial charge in [0, 0.05) is 31.1 Å². The molecule has 2 N–H and O–H groups in total. The third-order valence-electron chi connectivity index (χ3n) is 5.86. The summed E-state index contributed by atoms with van der Waals surface area (Å²) in [7, 11) is 0. The zero-order valence-corrected chi connectivity index (χ0v) is 15.9. The number of fused-ring (bicyclic) bond motifs is 1. The number of ether oxygens (including phenoxy) is 1. The molecule has 1 spiro atoms. The Balaban J connectivity index is 1.54. The Hall–Kier alpha value is -1.73. The normalized spacial score (nSPS) is 27.9. The van der Waals surface area contributed by atoms with Crippen molar-refractivity contribution in [1.82, 2.24) is 9.88 Å². The van der Waals surface area contributed by atoms with E-state index < -0.39 is 17.3 Å². The van der Waals surface area contributed by atoms with Gasteiger partial charge in [-0.15, -0.1) is 0 Å². The van der Waals surface area contributed by atoms with Crippen LogP contribution in [0.25, 0.3) is 10.9 Å². The topological polar surface area (TPSA) is 82.9 Å². The van der Waals surface area contributed by atoms with E-state index in [1.165, 1.54) is 0 Å². The van der Waals surface area contributed by atoms with Gasteiger partial charge in [-0.1, -0.05) is 17.7 Å². The molecule has 27 heavy (non-hydrogen) atoms. The number of piperidine rings is 1. The summed E-state index contributed by atoms with van der Waals surface area (Å²) in [5, 5.41) is 21.5. The minimum absolute atomic E-state index is 0.113. The van der Waals surface area contributed by atoms with Gasteiger partial charge < -0.3 is 19.8 Å². The first-order chi connectivity index (χ1) is 12.8. The lowest BCUT2D eigenvalue weighted by atomic mass is 9.76. The third-order valence-corrected chi connectivity index (χ3v) is 6.17. The average Bonchev–Trinajstić information content (AvgIpc) is 2.65. The fraction of sp³-hybridized carbons (Fsp3) is 0.500. The van der Waals surface area contributed by atoms with E-state index in [9.17, 15) is 15.0 Å². The van der Waals surface area contributed by atoms with Crippen molar-refractivity contribution in [2.75, 3.05) is 19.7 Å². The van der Waals surface area contributed by atoms with Gasteiger partial charge in [0.05, 0.1) is 33.9 Å². The van der Waals surface area contributed by atoms with Gasteiger partial charge in [-0.25, -0.2) is 0 Å². The van der Waals surface area contributed by atoms with Crippen molar-refractivity contribution in [2.45, 2.75) is 43.5 Å².